The number of methoxy groups -OCH3 is 1. The summed E-state index contributed by atoms with van der Waals surface area (Å²) >= 11 is 0. The molecule has 0 spiro atoms. The molecule has 0 aliphatic rings. The third kappa shape index (κ3) is 2.65. The molecule has 0 saturated heterocycles. The first-order valence-corrected chi connectivity index (χ1v) is 7.56. The predicted molar refractivity (Wildman–Crippen MR) is 92.0 cm³/mol. The van der Waals surface area contributed by atoms with Crippen LogP contribution < -0.4 is 4.74 Å². The van der Waals surface area contributed by atoms with Gasteiger partial charge in [0.15, 0.2) is 0 Å². The molecule has 1 aromatic heterocycles. The summed E-state index contributed by atoms with van der Waals surface area (Å²) in [4.78, 5) is 11.8. The van der Waals surface area contributed by atoms with Gasteiger partial charge in [0, 0.05) is 5.56 Å². The van der Waals surface area contributed by atoms with Crippen LogP contribution in [0.3, 0.4) is 0 Å². The first-order valence-electron chi connectivity index (χ1n) is 7.56. The van der Waals surface area contributed by atoms with Gasteiger partial charge in [-0.05, 0) is 49.7 Å². The zero-order valence-electron chi connectivity index (χ0n) is 13.8. The largest absolute Gasteiger partial charge is 0.497 e. The Labute approximate surface area is 140 Å². The van der Waals surface area contributed by atoms with Crippen LogP contribution in [0, 0.1) is 13.8 Å². The maximum atomic E-state index is 11.8. The van der Waals surface area contributed by atoms with Gasteiger partial charge in [-0.3, -0.25) is 0 Å². The summed E-state index contributed by atoms with van der Waals surface area (Å²) in [5, 5.41) is 14.1. The van der Waals surface area contributed by atoms with Crippen molar-refractivity contribution in [3.8, 4) is 22.7 Å². The quantitative estimate of drug-likeness (QED) is 0.792. The Hall–Kier alpha value is -3.08. The van der Waals surface area contributed by atoms with Gasteiger partial charge in [-0.2, -0.15) is 5.10 Å². The van der Waals surface area contributed by atoms with E-state index in [4.69, 9.17) is 4.74 Å². The fraction of sp³-hybridized carbons (Fsp3) is 0.158. The minimum absolute atomic E-state index is 0.211. The molecule has 0 aliphatic carbocycles. The number of para-hydroxylation sites is 1. The van der Waals surface area contributed by atoms with Gasteiger partial charge in [0.25, 0.3) is 0 Å². The Morgan fingerprint density at radius 2 is 1.75 bits per heavy atom. The number of carboxylic acid groups (broad SMARTS) is 1. The number of hydrogen-bond donors (Lipinski definition) is 1. The summed E-state index contributed by atoms with van der Waals surface area (Å²) in [6, 6.07) is 15.1. The predicted octanol–water partition coefficient (Wildman–Crippen LogP) is 3.86. The second kappa shape index (κ2) is 6.20. The molecular weight excluding hydrogens is 304 g/mol. The molecule has 0 atom stereocenters. The Morgan fingerprint density at radius 1 is 1.08 bits per heavy atom. The molecular formula is C19H18N2O3. The second-order valence-electron chi connectivity index (χ2n) is 5.54. The van der Waals surface area contributed by atoms with Gasteiger partial charge < -0.3 is 9.84 Å². The summed E-state index contributed by atoms with van der Waals surface area (Å²) in [5.74, 6) is -0.271. The molecule has 1 heterocycles. The van der Waals surface area contributed by atoms with Crippen molar-refractivity contribution < 1.29 is 14.6 Å². The van der Waals surface area contributed by atoms with Crippen molar-refractivity contribution in [2.75, 3.05) is 7.11 Å². The van der Waals surface area contributed by atoms with E-state index in [-0.39, 0.29) is 5.56 Å². The van der Waals surface area contributed by atoms with Crippen molar-refractivity contribution in [1.82, 2.24) is 9.78 Å². The Balaban J connectivity index is 2.29. The molecule has 0 fully saturated rings. The van der Waals surface area contributed by atoms with Gasteiger partial charge in [-0.1, -0.05) is 18.2 Å². The lowest BCUT2D eigenvalue weighted by atomic mass is 10.0. The van der Waals surface area contributed by atoms with E-state index in [0.29, 0.717) is 17.1 Å². The van der Waals surface area contributed by atoms with Crippen LogP contribution in [0.1, 0.15) is 21.6 Å². The Morgan fingerprint density at radius 3 is 2.33 bits per heavy atom. The fourth-order valence-corrected chi connectivity index (χ4v) is 2.77. The van der Waals surface area contributed by atoms with Crippen molar-refractivity contribution >= 4 is 5.97 Å². The van der Waals surface area contributed by atoms with Crippen LogP contribution in [-0.4, -0.2) is 28.0 Å². The zero-order chi connectivity index (χ0) is 17.3. The molecule has 0 radical (unpaired) electrons. The number of carboxylic acids is 1. The van der Waals surface area contributed by atoms with E-state index in [1.165, 1.54) is 0 Å². The number of carbonyl (C=O) groups is 1. The highest BCUT2D eigenvalue weighted by molar-refractivity contribution is 5.96. The number of benzene rings is 2. The topological polar surface area (TPSA) is 64.3 Å². The number of rotatable bonds is 4. The lowest BCUT2D eigenvalue weighted by Gasteiger charge is -2.11. The standard InChI is InChI=1S/C19H18N2O3/c1-12-6-4-5-7-16(12)21-18(17(19(22)23)13(2)20-21)14-8-10-15(24-3)11-9-14/h4-11H,1-3H3,(H,22,23). The third-order valence-corrected chi connectivity index (χ3v) is 3.98. The van der Waals surface area contributed by atoms with Gasteiger partial charge >= 0.3 is 5.97 Å². The lowest BCUT2D eigenvalue weighted by molar-refractivity contribution is 0.0697. The highest BCUT2D eigenvalue weighted by Gasteiger charge is 2.23. The molecule has 1 N–H and O–H groups in total. The minimum atomic E-state index is -0.988. The highest BCUT2D eigenvalue weighted by Crippen LogP contribution is 2.31. The third-order valence-electron chi connectivity index (χ3n) is 3.98. The van der Waals surface area contributed by atoms with Crippen molar-refractivity contribution in [2.45, 2.75) is 13.8 Å². The molecule has 24 heavy (non-hydrogen) atoms. The average Bonchev–Trinajstić information content (AvgIpc) is 2.92. The van der Waals surface area contributed by atoms with Crippen molar-refractivity contribution in [2.24, 2.45) is 0 Å². The molecule has 5 heteroatoms. The average molecular weight is 322 g/mol. The number of aromatic carboxylic acids is 1. The summed E-state index contributed by atoms with van der Waals surface area (Å²) in [7, 11) is 1.60. The van der Waals surface area contributed by atoms with E-state index in [0.717, 1.165) is 16.8 Å². The zero-order valence-corrected chi connectivity index (χ0v) is 13.8. The van der Waals surface area contributed by atoms with Crippen LogP contribution in [-0.2, 0) is 0 Å². The van der Waals surface area contributed by atoms with Gasteiger partial charge in [-0.25, -0.2) is 9.48 Å². The van der Waals surface area contributed by atoms with Gasteiger partial charge in [0.2, 0.25) is 0 Å². The van der Waals surface area contributed by atoms with Gasteiger partial charge in [0.1, 0.15) is 11.3 Å². The summed E-state index contributed by atoms with van der Waals surface area (Å²) in [5.41, 5.74) is 3.92. The van der Waals surface area contributed by atoms with Crippen molar-refractivity contribution in [3.05, 3.63) is 65.4 Å². The summed E-state index contributed by atoms with van der Waals surface area (Å²) < 4.78 is 6.89. The molecule has 2 aromatic carbocycles. The van der Waals surface area contributed by atoms with Crippen LogP contribution in [0.25, 0.3) is 16.9 Å². The molecule has 3 rings (SSSR count). The SMILES string of the molecule is COc1ccc(-c2c(C(=O)O)c(C)nn2-c2ccccc2C)cc1. The van der Waals surface area contributed by atoms with Crippen LogP contribution >= 0.6 is 0 Å². The number of hydrogen-bond acceptors (Lipinski definition) is 3. The molecule has 0 aliphatic heterocycles. The minimum Gasteiger partial charge on any atom is -0.497 e. The van der Waals surface area contributed by atoms with Crippen molar-refractivity contribution in [3.63, 3.8) is 0 Å². The van der Waals surface area contributed by atoms with E-state index < -0.39 is 5.97 Å². The van der Waals surface area contributed by atoms with E-state index >= 15 is 0 Å². The van der Waals surface area contributed by atoms with E-state index in [2.05, 4.69) is 5.10 Å². The monoisotopic (exact) mass is 322 g/mol. The highest BCUT2D eigenvalue weighted by atomic mass is 16.5. The van der Waals surface area contributed by atoms with Gasteiger partial charge in [0.05, 0.1) is 24.2 Å². The van der Waals surface area contributed by atoms with E-state index in [1.807, 2.05) is 55.5 Å². The van der Waals surface area contributed by atoms with Crippen LogP contribution in [0.4, 0.5) is 0 Å². The van der Waals surface area contributed by atoms with Crippen molar-refractivity contribution in [1.29, 1.82) is 0 Å². The first kappa shape index (κ1) is 15.8. The molecule has 122 valence electrons. The molecule has 0 unspecified atom stereocenters. The molecule has 5 nitrogen and oxygen atoms in total. The number of aryl methyl sites for hydroxylation is 2. The summed E-state index contributed by atoms with van der Waals surface area (Å²) in [6.45, 7) is 3.69. The van der Waals surface area contributed by atoms with E-state index in [9.17, 15) is 9.90 Å². The van der Waals surface area contributed by atoms with E-state index in [1.54, 1.807) is 18.7 Å². The van der Waals surface area contributed by atoms with Crippen LogP contribution in [0.5, 0.6) is 5.75 Å². The second-order valence-corrected chi connectivity index (χ2v) is 5.54. The smallest absolute Gasteiger partial charge is 0.339 e. The molecule has 0 saturated carbocycles. The number of nitrogens with zero attached hydrogens (tertiary/aromatic N) is 2. The number of aromatic nitrogens is 2. The molecule has 0 bridgehead atoms. The van der Waals surface area contributed by atoms with Crippen LogP contribution in [0.15, 0.2) is 48.5 Å². The maximum absolute atomic E-state index is 11.8. The first-order chi connectivity index (χ1) is 11.5. The number of ether oxygens (including phenoxy) is 1. The Kier molecular flexibility index (Phi) is 4.08. The maximum Gasteiger partial charge on any atom is 0.339 e. The fourth-order valence-electron chi connectivity index (χ4n) is 2.77. The molecule has 3 aromatic rings. The lowest BCUT2D eigenvalue weighted by Crippen LogP contribution is -2.04. The van der Waals surface area contributed by atoms with Crippen LogP contribution in [0.2, 0.25) is 0 Å². The Bertz CT molecular complexity index is 895. The molecule has 0 amide bonds. The van der Waals surface area contributed by atoms with Gasteiger partial charge in [-0.15, -0.1) is 0 Å². The normalized spacial score (nSPS) is 10.6. The summed E-state index contributed by atoms with van der Waals surface area (Å²) in [6.07, 6.45) is 0.